The molecule has 6 heterocycles. The summed E-state index contributed by atoms with van der Waals surface area (Å²) in [5.41, 5.74) is 7.13. The highest BCUT2D eigenvalue weighted by atomic mass is 19.3. The van der Waals surface area contributed by atoms with E-state index in [2.05, 4.69) is 75.7 Å². The van der Waals surface area contributed by atoms with Crippen LogP contribution in [0.3, 0.4) is 0 Å². The quantitative estimate of drug-likeness (QED) is 0.136. The SMILES string of the molecule is COc1cc(OC2C(C)(C)C(NC(=O)c3ccc(N4CC5(CCC(N6CCC(n7nc(N8CCCc9cc(-c%10cnn(C)c%10)c(C(F)F)cc98)c8c7CCN(C(C)=O)C8)CC6)CC5)C4)cc3)C2(C)C)ccc1C#N. The number of aromatic nitrogens is 4. The highest BCUT2D eigenvalue weighted by Gasteiger charge is 2.64. The van der Waals surface area contributed by atoms with Gasteiger partial charge in [0.2, 0.25) is 5.91 Å². The molecule has 2 saturated heterocycles. The summed E-state index contributed by atoms with van der Waals surface area (Å²) in [6.07, 6.45) is 9.80. The lowest BCUT2D eigenvalue weighted by Gasteiger charge is -2.63. The molecule has 14 nitrogen and oxygen atoms in total. The zero-order valence-electron chi connectivity index (χ0n) is 44.0. The molecule has 74 heavy (non-hydrogen) atoms. The number of fused-ring (bicyclic) bond motifs is 2. The van der Waals surface area contributed by atoms with Crippen LogP contribution in [0.1, 0.15) is 130 Å². The number of hydrogen-bond acceptors (Lipinski definition) is 10. The third-order valence-corrected chi connectivity index (χ3v) is 18.0. The van der Waals surface area contributed by atoms with Crippen LogP contribution in [0.25, 0.3) is 11.1 Å². The summed E-state index contributed by atoms with van der Waals surface area (Å²) >= 11 is 0. The van der Waals surface area contributed by atoms with E-state index < -0.39 is 6.43 Å². The van der Waals surface area contributed by atoms with E-state index in [1.54, 1.807) is 62.4 Å². The van der Waals surface area contributed by atoms with Gasteiger partial charge in [-0.15, -0.1) is 0 Å². The Labute approximate surface area is 433 Å². The number of amides is 2. The average molecular weight is 1010 g/mol. The predicted molar refractivity (Wildman–Crippen MR) is 280 cm³/mol. The Morgan fingerprint density at radius 1 is 0.905 bits per heavy atom. The van der Waals surface area contributed by atoms with Gasteiger partial charge in [-0.05, 0) is 111 Å². The summed E-state index contributed by atoms with van der Waals surface area (Å²) in [6.45, 7) is 16.0. The standard InChI is InChI=1S/C58H70F2N10O4/c1-36(71)67-26-20-48-47(33-67)52(69-23-8-9-38-27-45(40-31-62-65(6)32-40)46(51(59)60)29-49(38)69)64-70(48)43-18-24-66(25-19-43)42-16-21-58(22-17-42)34-68(35-58)41-13-10-37(11-14-41)53(72)63-54-56(2,3)55(57(54,4)5)74-44-15-12-39(30-61)50(28-44)73-7/h10-15,27-29,31-32,42-43,51,54-55H,8-9,16-26,33-35H2,1-7H3,(H,63,72). The molecule has 2 aliphatic carbocycles. The van der Waals surface area contributed by atoms with Crippen molar-refractivity contribution in [3.05, 3.63) is 101 Å². The second-order valence-electron chi connectivity index (χ2n) is 23.3. The number of benzene rings is 3. The van der Waals surface area contributed by atoms with Gasteiger partial charge in [-0.2, -0.15) is 15.5 Å². The lowest BCUT2D eigenvalue weighted by Crippen LogP contribution is -2.74. The van der Waals surface area contributed by atoms with E-state index in [-0.39, 0.29) is 46.4 Å². The molecule has 2 aromatic heterocycles. The third-order valence-electron chi connectivity index (χ3n) is 18.0. The maximum Gasteiger partial charge on any atom is 0.264 e. The smallest absolute Gasteiger partial charge is 0.264 e. The number of likely N-dealkylation sites (tertiary alicyclic amines) is 1. The van der Waals surface area contributed by atoms with Crippen molar-refractivity contribution >= 4 is 29.0 Å². The maximum absolute atomic E-state index is 14.8. The molecule has 16 heteroatoms. The number of alkyl halides is 2. The molecule has 1 N–H and O–H groups in total. The van der Waals surface area contributed by atoms with Gasteiger partial charge in [-0.1, -0.05) is 27.7 Å². The monoisotopic (exact) mass is 1010 g/mol. The number of anilines is 3. The van der Waals surface area contributed by atoms with Gasteiger partial charge in [-0.25, -0.2) is 8.78 Å². The van der Waals surface area contributed by atoms with E-state index in [1.165, 1.54) is 31.4 Å². The Bertz CT molecular complexity index is 2970. The van der Waals surface area contributed by atoms with Crippen molar-refractivity contribution in [3.63, 3.8) is 0 Å². The number of halogens is 2. The lowest BCUT2D eigenvalue weighted by molar-refractivity contribution is -0.164. The number of methoxy groups -OCH3 is 1. The Morgan fingerprint density at radius 2 is 1.64 bits per heavy atom. The van der Waals surface area contributed by atoms with Crippen molar-refractivity contribution in [2.75, 3.05) is 56.2 Å². The highest BCUT2D eigenvalue weighted by molar-refractivity contribution is 5.95. The maximum atomic E-state index is 14.8. The van der Waals surface area contributed by atoms with Crippen molar-refractivity contribution in [1.82, 2.24) is 34.7 Å². The van der Waals surface area contributed by atoms with Crippen LogP contribution in [0.2, 0.25) is 0 Å². The third kappa shape index (κ3) is 8.76. The van der Waals surface area contributed by atoms with Gasteiger partial charge in [0.05, 0.1) is 31.5 Å². The lowest BCUT2D eigenvalue weighted by atomic mass is 9.49. The minimum atomic E-state index is -2.65. The van der Waals surface area contributed by atoms with Crippen LogP contribution >= 0.6 is 0 Å². The predicted octanol–water partition coefficient (Wildman–Crippen LogP) is 9.79. The molecular formula is C58H70F2N10O4. The molecule has 0 atom stereocenters. The van der Waals surface area contributed by atoms with Crippen molar-refractivity contribution in [1.29, 1.82) is 5.26 Å². The molecule has 11 rings (SSSR count). The number of piperidine rings is 1. The first-order valence-corrected chi connectivity index (χ1v) is 26.7. The molecule has 0 radical (unpaired) electrons. The molecule has 4 aliphatic heterocycles. The van der Waals surface area contributed by atoms with Crippen LogP contribution in [-0.2, 0) is 31.2 Å². The van der Waals surface area contributed by atoms with Gasteiger partial charge in [0, 0.05) is 140 Å². The molecule has 3 aromatic carbocycles. The van der Waals surface area contributed by atoms with Crippen LogP contribution in [0.15, 0.2) is 67.0 Å². The number of nitrogens with one attached hydrogen (secondary N) is 1. The van der Waals surface area contributed by atoms with Gasteiger partial charge in [0.1, 0.15) is 23.7 Å². The second-order valence-corrected chi connectivity index (χ2v) is 23.3. The van der Waals surface area contributed by atoms with Gasteiger partial charge in [-0.3, -0.25) is 19.0 Å². The van der Waals surface area contributed by atoms with Gasteiger partial charge in [0.25, 0.3) is 12.3 Å². The number of hydrogen-bond donors (Lipinski definition) is 1. The topological polar surface area (TPSA) is 137 Å². The number of aryl methyl sites for hydroxylation is 2. The van der Waals surface area contributed by atoms with Crippen LogP contribution in [0.5, 0.6) is 11.5 Å². The van der Waals surface area contributed by atoms with Crippen molar-refractivity contribution in [2.45, 2.75) is 130 Å². The van der Waals surface area contributed by atoms with Crippen molar-refractivity contribution in [3.8, 4) is 28.7 Å². The average Bonchev–Trinajstić information content (AvgIpc) is 4.02. The minimum Gasteiger partial charge on any atom is -0.495 e. The first kappa shape index (κ1) is 49.7. The molecule has 2 saturated carbocycles. The minimum absolute atomic E-state index is 0.00344. The first-order chi connectivity index (χ1) is 35.5. The Balaban J connectivity index is 0.694. The number of ether oxygens (including phenoxy) is 2. The summed E-state index contributed by atoms with van der Waals surface area (Å²) in [5, 5.41) is 22.4. The van der Waals surface area contributed by atoms with E-state index in [4.69, 9.17) is 14.6 Å². The molecule has 0 unspecified atom stereocenters. The van der Waals surface area contributed by atoms with Crippen LogP contribution < -0.4 is 24.6 Å². The summed E-state index contributed by atoms with van der Waals surface area (Å²) < 4.78 is 45.4. The second kappa shape index (κ2) is 19.0. The fraction of sp³-hybridized carbons (Fsp3) is 0.534. The first-order valence-electron chi connectivity index (χ1n) is 26.7. The van der Waals surface area contributed by atoms with Crippen LogP contribution in [-0.4, -0.2) is 106 Å². The summed E-state index contributed by atoms with van der Waals surface area (Å²) in [4.78, 5) is 35.7. The van der Waals surface area contributed by atoms with Crippen LogP contribution in [0, 0.1) is 27.6 Å². The Hall–Kier alpha value is -6.47. The molecule has 1 spiro atoms. The fourth-order valence-corrected chi connectivity index (χ4v) is 14.2. The van der Waals surface area contributed by atoms with E-state index in [0.29, 0.717) is 64.8 Å². The van der Waals surface area contributed by atoms with Crippen molar-refractivity contribution in [2.24, 2.45) is 23.3 Å². The molecule has 0 bridgehead atoms. The molecule has 2 amide bonds. The van der Waals surface area contributed by atoms with E-state index in [9.17, 15) is 23.6 Å². The number of nitrogens with zero attached hydrogens (tertiary/aromatic N) is 9. The Morgan fingerprint density at radius 3 is 2.28 bits per heavy atom. The molecule has 5 aromatic rings. The van der Waals surface area contributed by atoms with Crippen LogP contribution in [0.4, 0.5) is 26.0 Å². The summed E-state index contributed by atoms with van der Waals surface area (Å²) in [5.74, 6) is 1.85. The summed E-state index contributed by atoms with van der Waals surface area (Å²) in [6, 6.07) is 19.8. The largest absolute Gasteiger partial charge is 0.495 e. The van der Waals surface area contributed by atoms with Gasteiger partial charge in [0.15, 0.2) is 5.82 Å². The fourth-order valence-electron chi connectivity index (χ4n) is 14.2. The summed E-state index contributed by atoms with van der Waals surface area (Å²) in [7, 11) is 3.34. The zero-order valence-corrected chi connectivity index (χ0v) is 44.0. The van der Waals surface area contributed by atoms with Gasteiger partial charge < -0.3 is 34.4 Å². The number of carbonyl (C=O) groups is 2. The number of nitriles is 1. The van der Waals surface area contributed by atoms with Crippen molar-refractivity contribution < 1.29 is 27.8 Å². The molecule has 4 fully saturated rings. The molecule has 390 valence electrons. The molecular weight excluding hydrogens is 939 g/mol. The number of carbonyl (C=O) groups excluding carboxylic acids is 2. The highest BCUT2D eigenvalue weighted by Crippen LogP contribution is 2.56. The zero-order chi connectivity index (χ0) is 51.8. The van der Waals surface area contributed by atoms with E-state index >= 15 is 0 Å². The van der Waals surface area contributed by atoms with Gasteiger partial charge >= 0.3 is 0 Å². The molecule has 6 aliphatic rings. The number of rotatable bonds is 11. The Kier molecular flexibility index (Phi) is 12.8. The van der Waals surface area contributed by atoms with E-state index in [1.807, 2.05) is 23.1 Å². The van der Waals surface area contributed by atoms with E-state index in [0.717, 1.165) is 86.6 Å². The normalized spacial score (nSPS) is 22.4.